The molecule has 1 fully saturated rings. The summed E-state index contributed by atoms with van der Waals surface area (Å²) in [6, 6.07) is 9.72. The van der Waals surface area contributed by atoms with E-state index in [1.807, 2.05) is 30.5 Å². The number of fused-ring (bicyclic) bond motifs is 1. The molecule has 9 heteroatoms. The third-order valence-electron chi connectivity index (χ3n) is 5.46. The molecule has 9 nitrogen and oxygen atoms in total. The zero-order chi connectivity index (χ0) is 20.7. The minimum atomic E-state index is -0.266. The molecule has 0 saturated carbocycles. The molecule has 152 valence electrons. The van der Waals surface area contributed by atoms with Crippen LogP contribution >= 0.6 is 0 Å². The lowest BCUT2D eigenvalue weighted by Gasteiger charge is -2.33. The summed E-state index contributed by atoms with van der Waals surface area (Å²) in [5.41, 5.74) is 9.26. The summed E-state index contributed by atoms with van der Waals surface area (Å²) in [5.74, 6) is 1.07. The van der Waals surface area contributed by atoms with Gasteiger partial charge in [0.1, 0.15) is 11.5 Å². The molecule has 0 bridgehead atoms. The van der Waals surface area contributed by atoms with E-state index in [1.54, 1.807) is 12.3 Å². The highest BCUT2D eigenvalue weighted by atomic mass is 16.1. The van der Waals surface area contributed by atoms with Gasteiger partial charge in [-0.2, -0.15) is 4.98 Å². The van der Waals surface area contributed by atoms with Crippen LogP contribution in [0, 0.1) is 0 Å². The van der Waals surface area contributed by atoms with Crippen molar-refractivity contribution < 1.29 is 0 Å². The van der Waals surface area contributed by atoms with Gasteiger partial charge in [-0.25, -0.2) is 4.98 Å². The van der Waals surface area contributed by atoms with Crippen molar-refractivity contribution in [2.24, 2.45) is 0 Å². The van der Waals surface area contributed by atoms with E-state index in [0.29, 0.717) is 11.0 Å². The molecule has 5 heterocycles. The first kappa shape index (κ1) is 18.3. The lowest BCUT2D eigenvalue weighted by atomic mass is 10.1. The standard InChI is InChI=1S/C21H22N8O/c1-28-6-8-29(9-7-28)18-3-2-14(12-24-18)16-10-13(4-5-23-16)17-11-15-19(25-17)26-21(22)27-20(15)30/h2-5,10-12H,6-9H2,1H3,(H4,22,25,26,27,30). The SMILES string of the molecule is CN1CCN(c2ccc(-c3cc(-c4cc5c(=O)[nH]c(N)nc5[nH]4)ccn3)cn2)CC1. The molecule has 1 aliphatic heterocycles. The van der Waals surface area contributed by atoms with Gasteiger partial charge < -0.3 is 20.5 Å². The summed E-state index contributed by atoms with van der Waals surface area (Å²) < 4.78 is 0. The Morgan fingerprint density at radius 1 is 1.00 bits per heavy atom. The van der Waals surface area contributed by atoms with Gasteiger partial charge in [-0.1, -0.05) is 0 Å². The highest BCUT2D eigenvalue weighted by Crippen LogP contribution is 2.26. The topological polar surface area (TPSA) is 120 Å². The van der Waals surface area contributed by atoms with E-state index in [4.69, 9.17) is 5.73 Å². The molecule has 0 atom stereocenters. The Morgan fingerprint density at radius 3 is 2.60 bits per heavy atom. The zero-order valence-electron chi connectivity index (χ0n) is 16.6. The van der Waals surface area contributed by atoms with Crippen LogP contribution < -0.4 is 16.2 Å². The lowest BCUT2D eigenvalue weighted by molar-refractivity contribution is 0.312. The number of nitrogens with one attached hydrogen (secondary N) is 2. The Hall–Kier alpha value is -3.72. The van der Waals surface area contributed by atoms with Crippen LogP contribution in [0.15, 0.2) is 47.5 Å². The highest BCUT2D eigenvalue weighted by Gasteiger charge is 2.15. The Kier molecular flexibility index (Phi) is 4.44. The van der Waals surface area contributed by atoms with Crippen LogP contribution in [0.2, 0.25) is 0 Å². The highest BCUT2D eigenvalue weighted by molar-refractivity contribution is 5.83. The second-order valence-electron chi connectivity index (χ2n) is 7.52. The Morgan fingerprint density at radius 2 is 1.83 bits per heavy atom. The molecule has 0 amide bonds. The Balaban J connectivity index is 1.44. The number of hydrogen-bond donors (Lipinski definition) is 3. The molecule has 0 radical (unpaired) electrons. The number of nitrogen functional groups attached to an aromatic ring is 1. The molecule has 0 aromatic carbocycles. The summed E-state index contributed by atoms with van der Waals surface area (Å²) in [6.07, 6.45) is 3.61. The van der Waals surface area contributed by atoms with Gasteiger partial charge >= 0.3 is 0 Å². The number of likely N-dealkylation sites (N-methyl/N-ethyl adjacent to an activating group) is 1. The van der Waals surface area contributed by atoms with Crippen molar-refractivity contribution in [3.63, 3.8) is 0 Å². The molecule has 0 aliphatic carbocycles. The van der Waals surface area contributed by atoms with Gasteiger partial charge in [-0.3, -0.25) is 14.8 Å². The number of nitrogens with zero attached hydrogens (tertiary/aromatic N) is 5. The maximum Gasteiger partial charge on any atom is 0.261 e. The van der Waals surface area contributed by atoms with E-state index < -0.39 is 0 Å². The van der Waals surface area contributed by atoms with Crippen molar-refractivity contribution in [2.75, 3.05) is 43.9 Å². The number of nitrogens with two attached hydrogens (primary N) is 1. The second-order valence-corrected chi connectivity index (χ2v) is 7.52. The Bertz CT molecular complexity index is 1250. The second kappa shape index (κ2) is 7.27. The largest absolute Gasteiger partial charge is 0.369 e. The van der Waals surface area contributed by atoms with E-state index in [9.17, 15) is 4.79 Å². The fourth-order valence-corrected chi connectivity index (χ4v) is 3.71. The summed E-state index contributed by atoms with van der Waals surface area (Å²) in [5, 5.41) is 0.468. The fraction of sp³-hybridized carbons (Fsp3) is 0.238. The molecule has 4 aromatic rings. The summed E-state index contributed by atoms with van der Waals surface area (Å²) in [7, 11) is 2.14. The molecule has 0 spiro atoms. The number of pyridine rings is 2. The number of aromatic amines is 2. The van der Waals surface area contributed by atoms with Crippen LogP contribution in [0.5, 0.6) is 0 Å². The molecule has 30 heavy (non-hydrogen) atoms. The normalized spacial score (nSPS) is 15.0. The van der Waals surface area contributed by atoms with Crippen molar-refractivity contribution in [2.45, 2.75) is 0 Å². The molecule has 1 aliphatic rings. The first-order valence-electron chi connectivity index (χ1n) is 9.82. The van der Waals surface area contributed by atoms with Crippen molar-refractivity contribution in [1.29, 1.82) is 0 Å². The monoisotopic (exact) mass is 402 g/mol. The van der Waals surface area contributed by atoms with Crippen LogP contribution in [0.3, 0.4) is 0 Å². The predicted octanol–water partition coefficient (Wildman–Crippen LogP) is 1.71. The molecule has 4 aromatic heterocycles. The van der Waals surface area contributed by atoms with Crippen molar-refractivity contribution in [1.82, 2.24) is 29.8 Å². The van der Waals surface area contributed by atoms with Crippen LogP contribution in [-0.2, 0) is 0 Å². The number of rotatable bonds is 3. The van der Waals surface area contributed by atoms with Crippen molar-refractivity contribution >= 4 is 22.8 Å². The van der Waals surface area contributed by atoms with Crippen LogP contribution in [0.25, 0.3) is 33.5 Å². The van der Waals surface area contributed by atoms with Gasteiger partial charge in [0.2, 0.25) is 5.95 Å². The molecule has 1 saturated heterocycles. The number of hydrogen-bond acceptors (Lipinski definition) is 7. The third-order valence-corrected chi connectivity index (χ3v) is 5.46. The van der Waals surface area contributed by atoms with E-state index in [1.165, 1.54) is 0 Å². The van der Waals surface area contributed by atoms with Crippen LogP contribution in [-0.4, -0.2) is 63.0 Å². The van der Waals surface area contributed by atoms with Crippen molar-refractivity contribution in [3.05, 3.63) is 53.1 Å². The quantitative estimate of drug-likeness (QED) is 0.477. The molecule has 0 unspecified atom stereocenters. The number of piperazine rings is 1. The van der Waals surface area contributed by atoms with Gasteiger partial charge in [0.15, 0.2) is 0 Å². The minimum absolute atomic E-state index is 0.0860. The van der Waals surface area contributed by atoms with Gasteiger partial charge in [-0.05, 0) is 37.4 Å². The number of anilines is 2. The number of aromatic nitrogens is 5. The average Bonchev–Trinajstić information content (AvgIpc) is 3.19. The molecular weight excluding hydrogens is 380 g/mol. The van der Waals surface area contributed by atoms with E-state index in [2.05, 4.69) is 41.8 Å². The van der Waals surface area contributed by atoms with Gasteiger partial charge in [-0.15, -0.1) is 0 Å². The van der Waals surface area contributed by atoms with Crippen LogP contribution in [0.4, 0.5) is 11.8 Å². The van der Waals surface area contributed by atoms with Crippen LogP contribution in [0.1, 0.15) is 0 Å². The average molecular weight is 402 g/mol. The molecule has 5 rings (SSSR count). The smallest absolute Gasteiger partial charge is 0.261 e. The first-order chi connectivity index (χ1) is 14.6. The zero-order valence-corrected chi connectivity index (χ0v) is 16.6. The van der Waals surface area contributed by atoms with E-state index in [-0.39, 0.29) is 11.5 Å². The maximum atomic E-state index is 12.1. The lowest BCUT2D eigenvalue weighted by Crippen LogP contribution is -2.44. The third kappa shape index (κ3) is 3.39. The predicted molar refractivity (Wildman–Crippen MR) is 117 cm³/mol. The minimum Gasteiger partial charge on any atom is -0.369 e. The summed E-state index contributed by atoms with van der Waals surface area (Å²) in [4.78, 5) is 35.7. The molecular formula is C21H22N8O. The summed E-state index contributed by atoms with van der Waals surface area (Å²) in [6.45, 7) is 4.05. The molecule has 4 N–H and O–H groups in total. The van der Waals surface area contributed by atoms with Gasteiger partial charge in [0.05, 0.1) is 11.1 Å². The summed E-state index contributed by atoms with van der Waals surface area (Å²) >= 11 is 0. The Labute approximate surface area is 172 Å². The number of H-pyrrole nitrogens is 2. The van der Waals surface area contributed by atoms with Crippen molar-refractivity contribution in [3.8, 4) is 22.5 Å². The van der Waals surface area contributed by atoms with E-state index >= 15 is 0 Å². The first-order valence-corrected chi connectivity index (χ1v) is 9.82. The van der Waals surface area contributed by atoms with E-state index in [0.717, 1.165) is 54.5 Å². The van der Waals surface area contributed by atoms with Gasteiger partial charge in [0, 0.05) is 55.4 Å². The van der Waals surface area contributed by atoms with Gasteiger partial charge in [0.25, 0.3) is 5.56 Å². The maximum absolute atomic E-state index is 12.1. The fourth-order valence-electron chi connectivity index (χ4n) is 3.71.